The minimum atomic E-state index is -0.00867. The van der Waals surface area contributed by atoms with Crippen molar-refractivity contribution in [1.29, 1.82) is 0 Å². The maximum absolute atomic E-state index is 12.1. The second kappa shape index (κ2) is 6.96. The fourth-order valence-electron chi connectivity index (χ4n) is 3.75. The molecule has 0 bridgehead atoms. The molecule has 2 aliphatic rings. The van der Waals surface area contributed by atoms with E-state index in [0.29, 0.717) is 18.5 Å². The summed E-state index contributed by atoms with van der Waals surface area (Å²) in [4.78, 5) is 26.1. The molecule has 0 atom stereocenters. The predicted molar refractivity (Wildman–Crippen MR) is 94.5 cm³/mol. The maximum Gasteiger partial charge on any atom is 0.255 e. The van der Waals surface area contributed by atoms with Gasteiger partial charge in [0.25, 0.3) is 5.56 Å². The number of aryl methyl sites for hydroxylation is 1. The van der Waals surface area contributed by atoms with Gasteiger partial charge >= 0.3 is 0 Å². The molecule has 1 aliphatic heterocycles. The summed E-state index contributed by atoms with van der Waals surface area (Å²) in [6.45, 7) is 4.15. The molecule has 0 saturated heterocycles. The Morgan fingerprint density at radius 1 is 1.32 bits per heavy atom. The third-order valence-electron chi connectivity index (χ3n) is 5.06. The Labute approximate surface area is 147 Å². The van der Waals surface area contributed by atoms with Crippen molar-refractivity contribution in [2.45, 2.75) is 58.2 Å². The Kier molecular flexibility index (Phi) is 4.53. The average Bonchev–Trinajstić information content (AvgIpc) is 3.10. The topological polar surface area (TPSA) is 71.1 Å². The molecular weight excluding hydrogens is 316 g/mol. The van der Waals surface area contributed by atoms with Gasteiger partial charge in [0, 0.05) is 38.3 Å². The van der Waals surface area contributed by atoms with Gasteiger partial charge in [-0.2, -0.15) is 0 Å². The van der Waals surface area contributed by atoms with Gasteiger partial charge < -0.3 is 9.72 Å². The van der Waals surface area contributed by atoms with Gasteiger partial charge in [-0.1, -0.05) is 6.07 Å². The molecule has 132 valence electrons. The number of aromatic nitrogens is 3. The van der Waals surface area contributed by atoms with Crippen molar-refractivity contribution in [2.75, 3.05) is 6.54 Å². The minimum Gasteiger partial charge on any atom is -0.474 e. The lowest BCUT2D eigenvalue weighted by Gasteiger charge is -2.27. The number of fused-ring (bicyclic) bond motifs is 1. The fraction of sp³-hybridized carbons (Fsp3) is 0.526. The summed E-state index contributed by atoms with van der Waals surface area (Å²) in [6, 6.07) is 4.04. The summed E-state index contributed by atoms with van der Waals surface area (Å²) in [5.41, 5.74) is 2.87. The van der Waals surface area contributed by atoms with Crippen LogP contribution in [-0.2, 0) is 19.5 Å². The molecule has 0 unspecified atom stereocenters. The van der Waals surface area contributed by atoms with Crippen LogP contribution in [-0.4, -0.2) is 32.5 Å². The van der Waals surface area contributed by atoms with Gasteiger partial charge in [0.2, 0.25) is 5.88 Å². The van der Waals surface area contributed by atoms with Crippen LogP contribution in [0.25, 0.3) is 0 Å². The van der Waals surface area contributed by atoms with Crippen LogP contribution in [0.4, 0.5) is 0 Å². The zero-order valence-corrected chi connectivity index (χ0v) is 14.6. The van der Waals surface area contributed by atoms with E-state index in [2.05, 4.69) is 25.9 Å². The van der Waals surface area contributed by atoms with Gasteiger partial charge in [-0.3, -0.25) is 9.69 Å². The van der Waals surface area contributed by atoms with Crippen LogP contribution >= 0.6 is 0 Å². The lowest BCUT2D eigenvalue weighted by Crippen LogP contribution is -2.35. The van der Waals surface area contributed by atoms with Crippen molar-refractivity contribution < 1.29 is 4.74 Å². The summed E-state index contributed by atoms with van der Waals surface area (Å²) in [7, 11) is 0. The molecule has 4 rings (SSSR count). The Morgan fingerprint density at radius 3 is 2.92 bits per heavy atom. The van der Waals surface area contributed by atoms with Crippen molar-refractivity contribution in [2.24, 2.45) is 0 Å². The predicted octanol–water partition coefficient (Wildman–Crippen LogP) is 2.35. The van der Waals surface area contributed by atoms with Crippen LogP contribution in [0.1, 0.15) is 48.3 Å². The van der Waals surface area contributed by atoms with Gasteiger partial charge in [0.15, 0.2) is 0 Å². The number of H-pyrrole nitrogens is 1. The molecule has 1 fully saturated rings. The van der Waals surface area contributed by atoms with Gasteiger partial charge in [-0.25, -0.2) is 9.97 Å². The molecule has 0 spiro atoms. The Balaban J connectivity index is 1.40. The highest BCUT2D eigenvalue weighted by Crippen LogP contribution is 2.23. The molecule has 1 N–H and O–H groups in total. The first kappa shape index (κ1) is 16.3. The molecule has 0 aromatic carbocycles. The summed E-state index contributed by atoms with van der Waals surface area (Å²) in [5.74, 6) is 1.41. The monoisotopic (exact) mass is 340 g/mol. The number of hydrogen-bond donors (Lipinski definition) is 1. The van der Waals surface area contributed by atoms with Gasteiger partial charge in [0.05, 0.1) is 11.3 Å². The lowest BCUT2D eigenvalue weighted by atomic mass is 10.1. The number of hydrogen-bond acceptors (Lipinski definition) is 5. The largest absolute Gasteiger partial charge is 0.474 e. The van der Waals surface area contributed by atoms with Crippen LogP contribution < -0.4 is 10.3 Å². The third kappa shape index (κ3) is 3.74. The quantitative estimate of drug-likeness (QED) is 0.925. The van der Waals surface area contributed by atoms with Crippen molar-refractivity contribution in [3.8, 4) is 5.88 Å². The molecular formula is C19H24N4O2. The Morgan fingerprint density at radius 2 is 2.16 bits per heavy atom. The molecule has 2 aromatic rings. The highest BCUT2D eigenvalue weighted by atomic mass is 16.5. The van der Waals surface area contributed by atoms with E-state index in [9.17, 15) is 4.79 Å². The Hall–Kier alpha value is -2.21. The van der Waals surface area contributed by atoms with Crippen molar-refractivity contribution >= 4 is 0 Å². The van der Waals surface area contributed by atoms with Gasteiger partial charge in [-0.15, -0.1) is 0 Å². The SMILES string of the molecule is Cc1nc2c(c(=O)[nH]1)CN(Cc1ccc(OC3CCCC3)nc1)CC2. The second-order valence-corrected chi connectivity index (χ2v) is 7.07. The lowest BCUT2D eigenvalue weighted by molar-refractivity contribution is 0.201. The normalized spacial score (nSPS) is 18.3. The summed E-state index contributed by atoms with van der Waals surface area (Å²) in [5, 5.41) is 0. The second-order valence-electron chi connectivity index (χ2n) is 7.07. The van der Waals surface area contributed by atoms with E-state index in [4.69, 9.17) is 4.74 Å². The number of rotatable bonds is 4. The number of aromatic amines is 1. The first-order chi connectivity index (χ1) is 12.2. The third-order valence-corrected chi connectivity index (χ3v) is 5.06. The summed E-state index contributed by atoms with van der Waals surface area (Å²) < 4.78 is 5.92. The van der Waals surface area contributed by atoms with E-state index in [0.717, 1.165) is 55.1 Å². The van der Waals surface area contributed by atoms with E-state index in [-0.39, 0.29) is 5.56 Å². The Bertz CT molecular complexity index is 794. The number of nitrogens with zero attached hydrogens (tertiary/aromatic N) is 3. The van der Waals surface area contributed by atoms with Crippen molar-refractivity contribution in [1.82, 2.24) is 19.9 Å². The van der Waals surface area contributed by atoms with Crippen LogP contribution in [0.5, 0.6) is 5.88 Å². The highest BCUT2D eigenvalue weighted by Gasteiger charge is 2.21. The fourth-order valence-corrected chi connectivity index (χ4v) is 3.75. The van der Waals surface area contributed by atoms with Crippen LogP contribution in [0.2, 0.25) is 0 Å². The standard InChI is InChI=1S/C19H24N4O2/c1-13-21-17-8-9-23(12-16(17)19(24)22-13)11-14-6-7-18(20-10-14)25-15-4-2-3-5-15/h6-7,10,15H,2-5,8-9,11-12H2,1H3,(H,21,22,24). The first-order valence-corrected chi connectivity index (χ1v) is 9.10. The van der Waals surface area contributed by atoms with Crippen LogP contribution in [0, 0.1) is 6.92 Å². The molecule has 25 heavy (non-hydrogen) atoms. The molecule has 2 aromatic heterocycles. The molecule has 6 heteroatoms. The van der Waals surface area contributed by atoms with E-state index in [1.54, 1.807) is 0 Å². The van der Waals surface area contributed by atoms with E-state index >= 15 is 0 Å². The molecule has 0 amide bonds. The van der Waals surface area contributed by atoms with E-state index in [1.807, 2.05) is 19.2 Å². The average molecular weight is 340 g/mol. The zero-order chi connectivity index (χ0) is 17.2. The molecule has 1 aliphatic carbocycles. The van der Waals surface area contributed by atoms with Crippen molar-refractivity contribution in [3.05, 3.63) is 51.3 Å². The van der Waals surface area contributed by atoms with Crippen molar-refractivity contribution in [3.63, 3.8) is 0 Å². The molecule has 1 saturated carbocycles. The number of nitrogens with one attached hydrogen (secondary N) is 1. The molecule has 6 nitrogen and oxygen atoms in total. The zero-order valence-electron chi connectivity index (χ0n) is 14.6. The maximum atomic E-state index is 12.1. The van der Waals surface area contributed by atoms with Crippen LogP contribution in [0.3, 0.4) is 0 Å². The van der Waals surface area contributed by atoms with Crippen LogP contribution in [0.15, 0.2) is 23.1 Å². The summed E-state index contributed by atoms with van der Waals surface area (Å²) >= 11 is 0. The molecule has 0 radical (unpaired) electrons. The van der Waals surface area contributed by atoms with Gasteiger partial charge in [-0.05, 0) is 38.2 Å². The smallest absolute Gasteiger partial charge is 0.255 e. The van der Waals surface area contributed by atoms with Gasteiger partial charge in [0.1, 0.15) is 11.9 Å². The number of pyridine rings is 1. The first-order valence-electron chi connectivity index (χ1n) is 9.10. The van der Waals surface area contributed by atoms with E-state index in [1.165, 1.54) is 12.8 Å². The number of ether oxygens (including phenoxy) is 1. The molecule has 3 heterocycles. The van der Waals surface area contributed by atoms with E-state index < -0.39 is 0 Å². The minimum absolute atomic E-state index is 0.00867. The highest BCUT2D eigenvalue weighted by molar-refractivity contribution is 5.22. The summed E-state index contributed by atoms with van der Waals surface area (Å²) in [6.07, 6.45) is 7.82.